The predicted octanol–water partition coefficient (Wildman–Crippen LogP) is 4.60. The van der Waals surface area contributed by atoms with E-state index in [1.54, 1.807) is 13.0 Å². The lowest BCUT2D eigenvalue weighted by molar-refractivity contribution is 0.597. The minimum absolute atomic E-state index is 0.0117. The molecule has 0 heterocycles. The minimum Gasteiger partial charge on any atom is -0.307 e. The Hall–Kier alpha value is -1.19. The number of aryl methyl sites for hydroxylation is 1. The van der Waals surface area contributed by atoms with Gasteiger partial charge in [0.2, 0.25) is 0 Å². The molecule has 1 atom stereocenters. The highest BCUT2D eigenvalue weighted by atomic mass is 79.9. The Balaban J connectivity index is 2.42. The molecule has 0 spiro atoms. The maximum absolute atomic E-state index is 13.7. The smallest absolute Gasteiger partial charge is 0.126 e. The maximum atomic E-state index is 13.7. The first-order valence-corrected chi connectivity index (χ1v) is 7.16. The first kappa shape index (κ1) is 14.2. The molecule has 2 aromatic rings. The zero-order valence-electron chi connectivity index (χ0n) is 11.1. The maximum Gasteiger partial charge on any atom is 0.126 e. The molecule has 19 heavy (non-hydrogen) atoms. The third-order valence-electron chi connectivity index (χ3n) is 3.12. The zero-order chi connectivity index (χ0) is 13.8. The Labute approximate surface area is 122 Å². The summed E-state index contributed by atoms with van der Waals surface area (Å²) in [7, 11) is 0. The molecule has 0 saturated carbocycles. The van der Waals surface area contributed by atoms with Crippen molar-refractivity contribution in [2.75, 3.05) is 6.54 Å². The summed E-state index contributed by atoms with van der Waals surface area (Å²) >= 11 is 3.48. The molecule has 1 unspecified atom stereocenters. The van der Waals surface area contributed by atoms with Crippen LogP contribution in [0.25, 0.3) is 0 Å². The zero-order valence-corrected chi connectivity index (χ0v) is 12.7. The van der Waals surface area contributed by atoms with E-state index in [0.717, 1.165) is 22.1 Å². The number of halogens is 2. The molecule has 0 radical (unpaired) electrons. The van der Waals surface area contributed by atoms with Gasteiger partial charge in [-0.05, 0) is 48.4 Å². The molecule has 2 rings (SSSR count). The standard InChI is InChI=1S/C16H17BrFN/c1-3-19-16(12-5-4-6-14(17)9-12)13-8-7-11(2)15(18)10-13/h4-10,16,19H,3H2,1-2H3. The molecule has 0 aliphatic carbocycles. The molecule has 1 nitrogen and oxygen atoms in total. The van der Waals surface area contributed by atoms with Gasteiger partial charge >= 0.3 is 0 Å². The second-order valence-electron chi connectivity index (χ2n) is 4.55. The number of benzene rings is 2. The molecule has 0 amide bonds. The Morgan fingerprint density at radius 3 is 2.53 bits per heavy atom. The highest BCUT2D eigenvalue weighted by Gasteiger charge is 2.14. The van der Waals surface area contributed by atoms with Gasteiger partial charge in [-0.2, -0.15) is 0 Å². The van der Waals surface area contributed by atoms with Crippen LogP contribution >= 0.6 is 15.9 Å². The fraction of sp³-hybridized carbons (Fsp3) is 0.250. The summed E-state index contributed by atoms with van der Waals surface area (Å²) in [5.41, 5.74) is 2.75. The predicted molar refractivity (Wildman–Crippen MR) is 80.8 cm³/mol. The third kappa shape index (κ3) is 3.43. The van der Waals surface area contributed by atoms with E-state index in [1.165, 1.54) is 0 Å². The van der Waals surface area contributed by atoms with E-state index < -0.39 is 0 Å². The first-order valence-electron chi connectivity index (χ1n) is 6.36. The highest BCUT2D eigenvalue weighted by Crippen LogP contribution is 2.25. The SMILES string of the molecule is CCNC(c1cccc(Br)c1)c1ccc(C)c(F)c1. The molecular formula is C16H17BrFN. The van der Waals surface area contributed by atoms with Crippen molar-refractivity contribution in [3.63, 3.8) is 0 Å². The van der Waals surface area contributed by atoms with Crippen LogP contribution in [0, 0.1) is 12.7 Å². The Morgan fingerprint density at radius 2 is 1.89 bits per heavy atom. The summed E-state index contributed by atoms with van der Waals surface area (Å²) in [4.78, 5) is 0. The lowest BCUT2D eigenvalue weighted by Gasteiger charge is -2.19. The molecule has 0 aliphatic heterocycles. The number of hydrogen-bond donors (Lipinski definition) is 1. The topological polar surface area (TPSA) is 12.0 Å². The lowest BCUT2D eigenvalue weighted by atomic mass is 9.97. The Morgan fingerprint density at radius 1 is 1.16 bits per heavy atom. The van der Waals surface area contributed by atoms with Gasteiger partial charge in [0.1, 0.15) is 5.82 Å². The van der Waals surface area contributed by atoms with E-state index in [9.17, 15) is 4.39 Å². The molecule has 0 saturated heterocycles. The fourth-order valence-electron chi connectivity index (χ4n) is 2.11. The molecule has 1 N–H and O–H groups in total. The monoisotopic (exact) mass is 321 g/mol. The van der Waals surface area contributed by atoms with Crippen LogP contribution in [0.3, 0.4) is 0 Å². The van der Waals surface area contributed by atoms with Crippen molar-refractivity contribution in [2.45, 2.75) is 19.9 Å². The molecule has 2 aromatic carbocycles. The molecule has 0 bridgehead atoms. The van der Waals surface area contributed by atoms with Crippen LogP contribution in [0.4, 0.5) is 4.39 Å². The van der Waals surface area contributed by atoms with Crippen LogP contribution in [0.1, 0.15) is 29.7 Å². The van der Waals surface area contributed by atoms with Gasteiger partial charge in [0.05, 0.1) is 6.04 Å². The van der Waals surface area contributed by atoms with Crippen molar-refractivity contribution in [1.29, 1.82) is 0 Å². The number of hydrogen-bond acceptors (Lipinski definition) is 1. The summed E-state index contributed by atoms with van der Waals surface area (Å²) in [6, 6.07) is 13.5. The largest absolute Gasteiger partial charge is 0.307 e. The average molecular weight is 322 g/mol. The van der Waals surface area contributed by atoms with Gasteiger partial charge in [0.15, 0.2) is 0 Å². The van der Waals surface area contributed by atoms with E-state index in [2.05, 4.69) is 40.3 Å². The van der Waals surface area contributed by atoms with Gasteiger partial charge in [-0.15, -0.1) is 0 Å². The van der Waals surface area contributed by atoms with Crippen molar-refractivity contribution in [2.24, 2.45) is 0 Å². The third-order valence-corrected chi connectivity index (χ3v) is 3.61. The average Bonchev–Trinajstić information content (AvgIpc) is 2.39. The van der Waals surface area contributed by atoms with Crippen molar-refractivity contribution >= 4 is 15.9 Å². The van der Waals surface area contributed by atoms with Crippen LogP contribution < -0.4 is 5.32 Å². The molecule has 100 valence electrons. The van der Waals surface area contributed by atoms with E-state index in [1.807, 2.05) is 24.3 Å². The van der Waals surface area contributed by atoms with Gasteiger partial charge in [-0.1, -0.05) is 47.1 Å². The number of nitrogens with one attached hydrogen (secondary N) is 1. The van der Waals surface area contributed by atoms with E-state index in [0.29, 0.717) is 5.56 Å². The minimum atomic E-state index is -0.157. The van der Waals surface area contributed by atoms with Gasteiger partial charge in [-0.3, -0.25) is 0 Å². The Kier molecular flexibility index (Phi) is 4.72. The van der Waals surface area contributed by atoms with E-state index in [-0.39, 0.29) is 11.9 Å². The molecule has 0 aromatic heterocycles. The van der Waals surface area contributed by atoms with Crippen LogP contribution in [0.15, 0.2) is 46.9 Å². The first-order chi connectivity index (χ1) is 9.11. The fourth-order valence-corrected chi connectivity index (χ4v) is 2.52. The second kappa shape index (κ2) is 6.31. The van der Waals surface area contributed by atoms with Gasteiger partial charge in [0, 0.05) is 4.47 Å². The van der Waals surface area contributed by atoms with Crippen LogP contribution in [0.2, 0.25) is 0 Å². The quantitative estimate of drug-likeness (QED) is 0.868. The molecule has 0 aliphatic rings. The Bertz CT molecular complexity index is 568. The van der Waals surface area contributed by atoms with Gasteiger partial charge < -0.3 is 5.32 Å². The van der Waals surface area contributed by atoms with Crippen molar-refractivity contribution in [3.8, 4) is 0 Å². The van der Waals surface area contributed by atoms with Gasteiger partial charge in [0.25, 0.3) is 0 Å². The van der Waals surface area contributed by atoms with Crippen molar-refractivity contribution in [3.05, 3.63) is 69.4 Å². The normalized spacial score (nSPS) is 12.4. The van der Waals surface area contributed by atoms with E-state index >= 15 is 0 Å². The number of rotatable bonds is 4. The summed E-state index contributed by atoms with van der Waals surface area (Å²) in [6.07, 6.45) is 0. The van der Waals surface area contributed by atoms with Crippen LogP contribution in [-0.2, 0) is 0 Å². The summed E-state index contributed by atoms with van der Waals surface area (Å²) in [5, 5.41) is 3.40. The molecule has 3 heteroatoms. The summed E-state index contributed by atoms with van der Waals surface area (Å²) in [6.45, 7) is 4.66. The molecule has 0 fully saturated rings. The molecular weight excluding hydrogens is 305 g/mol. The van der Waals surface area contributed by atoms with Crippen molar-refractivity contribution < 1.29 is 4.39 Å². The summed E-state index contributed by atoms with van der Waals surface area (Å²) in [5.74, 6) is -0.157. The van der Waals surface area contributed by atoms with Crippen LogP contribution in [0.5, 0.6) is 0 Å². The van der Waals surface area contributed by atoms with Crippen LogP contribution in [-0.4, -0.2) is 6.54 Å². The van der Waals surface area contributed by atoms with Gasteiger partial charge in [-0.25, -0.2) is 4.39 Å². The van der Waals surface area contributed by atoms with Crippen molar-refractivity contribution in [1.82, 2.24) is 5.32 Å². The highest BCUT2D eigenvalue weighted by molar-refractivity contribution is 9.10. The second-order valence-corrected chi connectivity index (χ2v) is 5.47. The van der Waals surface area contributed by atoms with E-state index in [4.69, 9.17) is 0 Å². The lowest BCUT2D eigenvalue weighted by Crippen LogP contribution is -2.22. The summed E-state index contributed by atoms with van der Waals surface area (Å²) < 4.78 is 14.8.